The van der Waals surface area contributed by atoms with Crippen LogP contribution in [0.5, 0.6) is 0 Å². The first kappa shape index (κ1) is 106. The van der Waals surface area contributed by atoms with Crippen LogP contribution in [-0.4, -0.2) is 96.7 Å². The van der Waals surface area contributed by atoms with Gasteiger partial charge in [0.15, 0.2) is 12.2 Å². The lowest BCUT2D eigenvalue weighted by atomic mass is 10.1. The summed E-state index contributed by atoms with van der Waals surface area (Å²) in [5, 5.41) is 10.7. The summed E-state index contributed by atoms with van der Waals surface area (Å²) in [5.74, 6) is -2.36. The van der Waals surface area contributed by atoms with Crippen molar-refractivity contribution >= 4 is 39.5 Å². The van der Waals surface area contributed by atoms with Crippen molar-refractivity contribution in [2.24, 2.45) is 0 Å². The summed E-state index contributed by atoms with van der Waals surface area (Å²) >= 11 is 0. The molecule has 0 radical (unpaired) electrons. The molecule has 0 saturated heterocycles. The lowest BCUT2D eigenvalue weighted by molar-refractivity contribution is -0.161. The number of carbonyl (C=O) groups is 4. The van der Waals surface area contributed by atoms with Gasteiger partial charge in [-0.25, -0.2) is 9.13 Å². The second-order valence-electron chi connectivity index (χ2n) is 27.6. The van der Waals surface area contributed by atoms with Crippen molar-refractivity contribution in [2.45, 2.75) is 329 Å². The highest BCUT2D eigenvalue weighted by molar-refractivity contribution is 7.47. The quantitative estimate of drug-likeness (QED) is 0.0169. The van der Waals surface area contributed by atoms with Gasteiger partial charge in [-0.05, 0) is 180 Å². The summed E-state index contributed by atoms with van der Waals surface area (Å²) in [6.45, 7) is 4.44. The van der Waals surface area contributed by atoms with Crippen molar-refractivity contribution in [3.8, 4) is 0 Å². The number of phosphoric ester groups is 2. The van der Waals surface area contributed by atoms with Gasteiger partial charge in [0.2, 0.25) is 0 Å². The van der Waals surface area contributed by atoms with E-state index in [1.54, 1.807) is 0 Å². The molecule has 0 aromatic rings. The predicted octanol–water partition coefficient (Wildman–Crippen LogP) is 25.7. The molecule has 0 bridgehead atoms. The van der Waals surface area contributed by atoms with Crippen LogP contribution in [0.1, 0.15) is 310 Å². The third-order valence-electron chi connectivity index (χ3n) is 17.0. The van der Waals surface area contributed by atoms with Gasteiger partial charge in [-0.3, -0.25) is 37.3 Å². The standard InChI is InChI=1S/C93H150O17P2/c1-5-9-13-17-21-25-29-33-37-40-43-46-50-53-57-61-65-69-73-77-90(95)103-83-88(109-92(97)79-75-71-67-63-59-55-49-36-32-28-24-20-16-12-8-4)85-107-111(99,100)105-81-87(94)82-106-112(101,102)108-86-89(110-93(98)80-76-72-68-64-60-56-52-48-45-42-39-35-31-27-23-19-15-11-7-3)84-104-91(96)78-74-70-66-62-58-54-51-47-44-41-38-34-30-26-22-18-14-10-6-2/h9,11,13,15,21-23,25-28,32-35,37-39,43-48,53-54,56-58,60,66,70,87-89,94H,5-8,10,12,14,16-20,24,29-31,36,40-42,49-52,55,59,61-65,67-69,71-86H2,1-4H3,(H,99,100)(H,101,102)/b13-9-,15-11-,25-21-,26-22-,27-23-,32-28-,37-33-,38-34-,39-35-,46-43-,47-44-,48-45-,57-53-,58-54-,60-56-,70-66-/t87-,88-,89-/m1/s1. The Hall–Kier alpha value is -6.10. The molecule has 112 heavy (non-hydrogen) atoms. The number of allylic oxidation sites excluding steroid dienone is 32. The Kier molecular flexibility index (Phi) is 78.4. The van der Waals surface area contributed by atoms with Gasteiger partial charge in [0.1, 0.15) is 19.3 Å². The van der Waals surface area contributed by atoms with E-state index in [-0.39, 0.29) is 25.7 Å². The van der Waals surface area contributed by atoms with E-state index in [2.05, 4.69) is 204 Å². The van der Waals surface area contributed by atoms with Gasteiger partial charge in [0.25, 0.3) is 0 Å². The van der Waals surface area contributed by atoms with E-state index in [0.29, 0.717) is 32.1 Å². The normalized spacial score (nSPS) is 14.7. The van der Waals surface area contributed by atoms with E-state index in [1.165, 1.54) is 44.9 Å². The minimum Gasteiger partial charge on any atom is -0.462 e. The van der Waals surface area contributed by atoms with Gasteiger partial charge in [-0.15, -0.1) is 0 Å². The van der Waals surface area contributed by atoms with Crippen molar-refractivity contribution < 1.29 is 80.2 Å². The summed E-state index contributed by atoms with van der Waals surface area (Å²) in [7, 11) is -10.0. The van der Waals surface area contributed by atoms with Crippen LogP contribution in [0.2, 0.25) is 0 Å². The molecule has 0 aromatic heterocycles. The van der Waals surface area contributed by atoms with Crippen molar-refractivity contribution in [3.63, 3.8) is 0 Å². The molecule has 0 aromatic carbocycles. The van der Waals surface area contributed by atoms with Crippen LogP contribution in [-0.2, 0) is 65.4 Å². The van der Waals surface area contributed by atoms with E-state index in [4.69, 9.17) is 37.0 Å². The Morgan fingerprint density at radius 3 is 0.804 bits per heavy atom. The first-order valence-electron chi connectivity index (χ1n) is 42.7. The number of esters is 4. The fraction of sp³-hybridized carbons (Fsp3) is 0.613. The Labute approximate surface area is 678 Å². The second kappa shape index (κ2) is 82.9. The van der Waals surface area contributed by atoms with E-state index >= 15 is 0 Å². The Balaban J connectivity index is 5.54. The number of carbonyl (C=O) groups excluding carboxylic acids is 4. The topological polar surface area (TPSA) is 237 Å². The van der Waals surface area contributed by atoms with E-state index in [0.717, 1.165) is 180 Å². The molecular weight excluding hydrogens is 1450 g/mol. The fourth-order valence-electron chi connectivity index (χ4n) is 10.6. The molecular formula is C93H150O17P2. The number of hydrogen-bond donors (Lipinski definition) is 3. The molecule has 0 aliphatic heterocycles. The SMILES string of the molecule is CC/C=C\C/C=C\C/C=C\C/C=C\C/C=C\CCCCCC(=O)OC[C@H](COP(=O)(O)OC[C@@H](O)COP(=O)(O)OC[C@@H](COC(=O)CC/C=C\C/C=C\C/C=C\C/C=C\C/C=C\CCCCC)OC(=O)CCCCC/C=C\C/C=C\C/C=C\C/C=C\C/C=C\CC)OC(=O)CCCCCCCCC/C=C\CCCCCC. The molecule has 0 aliphatic carbocycles. The van der Waals surface area contributed by atoms with Crippen molar-refractivity contribution in [1.29, 1.82) is 0 Å². The largest absolute Gasteiger partial charge is 0.472 e. The maximum atomic E-state index is 13.1. The highest BCUT2D eigenvalue weighted by Crippen LogP contribution is 2.45. The molecule has 0 amide bonds. The Morgan fingerprint density at radius 2 is 0.482 bits per heavy atom. The molecule has 17 nitrogen and oxygen atoms in total. The van der Waals surface area contributed by atoms with E-state index in [9.17, 15) is 43.2 Å². The molecule has 0 heterocycles. The molecule has 19 heteroatoms. The van der Waals surface area contributed by atoms with Gasteiger partial charge in [0.05, 0.1) is 26.4 Å². The number of ether oxygens (including phenoxy) is 4. The van der Waals surface area contributed by atoms with Gasteiger partial charge >= 0.3 is 39.5 Å². The fourth-order valence-corrected chi connectivity index (χ4v) is 12.2. The molecule has 2 unspecified atom stereocenters. The summed E-state index contributed by atoms with van der Waals surface area (Å²) in [6, 6.07) is 0. The van der Waals surface area contributed by atoms with Crippen LogP contribution < -0.4 is 0 Å². The molecule has 0 aliphatic rings. The van der Waals surface area contributed by atoms with Crippen LogP contribution >= 0.6 is 15.6 Å². The number of unbranched alkanes of at least 4 members (excludes halogenated alkanes) is 20. The average molecular weight is 1600 g/mol. The summed E-state index contributed by atoms with van der Waals surface area (Å²) in [6.07, 6.45) is 103. The zero-order chi connectivity index (χ0) is 81.7. The van der Waals surface area contributed by atoms with E-state index < -0.39 is 97.5 Å². The molecule has 0 rings (SSSR count). The highest BCUT2D eigenvalue weighted by Gasteiger charge is 2.30. The third-order valence-corrected chi connectivity index (χ3v) is 18.9. The van der Waals surface area contributed by atoms with Crippen LogP contribution in [0.4, 0.5) is 0 Å². The van der Waals surface area contributed by atoms with Gasteiger partial charge in [-0.1, -0.05) is 299 Å². The third kappa shape index (κ3) is 81.9. The van der Waals surface area contributed by atoms with Crippen LogP contribution in [0.15, 0.2) is 194 Å². The summed E-state index contributed by atoms with van der Waals surface area (Å²) in [4.78, 5) is 73.2. The lowest BCUT2D eigenvalue weighted by Gasteiger charge is -2.21. The van der Waals surface area contributed by atoms with E-state index in [1.807, 2.05) is 18.2 Å². The smallest absolute Gasteiger partial charge is 0.462 e. The maximum Gasteiger partial charge on any atom is 0.472 e. The molecule has 634 valence electrons. The van der Waals surface area contributed by atoms with Gasteiger partial charge in [-0.2, -0.15) is 0 Å². The average Bonchev–Trinajstić information content (AvgIpc) is 0.898. The number of rotatable bonds is 78. The number of aliphatic hydroxyl groups excluding tert-OH is 1. The van der Waals surface area contributed by atoms with Gasteiger partial charge < -0.3 is 33.8 Å². The highest BCUT2D eigenvalue weighted by atomic mass is 31.2. The summed E-state index contributed by atoms with van der Waals surface area (Å²) < 4.78 is 68.7. The first-order valence-corrected chi connectivity index (χ1v) is 45.7. The monoisotopic (exact) mass is 1600 g/mol. The molecule has 0 spiro atoms. The Bertz CT molecular complexity index is 2890. The predicted molar refractivity (Wildman–Crippen MR) is 463 cm³/mol. The minimum absolute atomic E-state index is 0.0223. The zero-order valence-electron chi connectivity index (χ0n) is 69.5. The number of hydrogen-bond acceptors (Lipinski definition) is 15. The number of phosphoric acid groups is 2. The second-order valence-corrected chi connectivity index (χ2v) is 30.6. The lowest BCUT2D eigenvalue weighted by Crippen LogP contribution is -2.30. The molecule has 5 atom stereocenters. The molecule has 0 saturated carbocycles. The van der Waals surface area contributed by atoms with Crippen molar-refractivity contribution in [2.75, 3.05) is 39.6 Å². The zero-order valence-corrected chi connectivity index (χ0v) is 71.3. The summed E-state index contributed by atoms with van der Waals surface area (Å²) in [5.41, 5.74) is 0. The van der Waals surface area contributed by atoms with Gasteiger partial charge in [0, 0.05) is 25.7 Å². The van der Waals surface area contributed by atoms with Crippen molar-refractivity contribution in [3.05, 3.63) is 194 Å². The first-order chi connectivity index (χ1) is 54.7. The van der Waals surface area contributed by atoms with Crippen LogP contribution in [0.3, 0.4) is 0 Å². The van der Waals surface area contributed by atoms with Crippen LogP contribution in [0, 0.1) is 0 Å². The molecule has 3 N–H and O–H groups in total. The van der Waals surface area contributed by atoms with Crippen molar-refractivity contribution in [1.82, 2.24) is 0 Å². The maximum absolute atomic E-state index is 13.1. The minimum atomic E-state index is -5.02. The Morgan fingerprint density at radius 1 is 0.259 bits per heavy atom. The number of aliphatic hydroxyl groups is 1. The van der Waals surface area contributed by atoms with Crippen LogP contribution in [0.25, 0.3) is 0 Å². The molecule has 0 fully saturated rings.